The molecule has 0 aliphatic carbocycles. The van der Waals surface area contributed by atoms with Crippen molar-refractivity contribution in [2.24, 2.45) is 5.10 Å². The smallest absolute Gasteiger partial charge is 0.250 e. The highest BCUT2D eigenvalue weighted by molar-refractivity contribution is 8.00. The van der Waals surface area contributed by atoms with Crippen molar-refractivity contribution in [3.8, 4) is 5.75 Å². The molecule has 0 spiro atoms. The number of nitrogens with zero attached hydrogens (tertiary/aromatic N) is 1. The maximum atomic E-state index is 11.9. The van der Waals surface area contributed by atoms with Crippen LogP contribution in [0.5, 0.6) is 5.75 Å². The van der Waals surface area contributed by atoms with E-state index in [0.717, 1.165) is 34.1 Å². The lowest BCUT2D eigenvalue weighted by Crippen LogP contribution is -2.31. The average Bonchev–Trinajstić information content (AvgIpc) is 2.59. The first-order valence-electron chi connectivity index (χ1n) is 8.17. The van der Waals surface area contributed by atoms with Crippen molar-refractivity contribution < 1.29 is 9.53 Å². The number of ether oxygens (including phenoxy) is 1. The van der Waals surface area contributed by atoms with Crippen LogP contribution in [-0.2, 0) is 10.5 Å². The average molecular weight is 407 g/mol. The fourth-order valence-corrected chi connectivity index (χ4v) is 3.79. The van der Waals surface area contributed by atoms with E-state index in [0.29, 0.717) is 16.9 Å². The van der Waals surface area contributed by atoms with Crippen LogP contribution in [0.15, 0.2) is 53.6 Å². The number of benzene rings is 2. The van der Waals surface area contributed by atoms with Gasteiger partial charge in [-0.3, -0.25) is 4.79 Å². The first-order valence-corrected chi connectivity index (χ1v) is 10.9. The van der Waals surface area contributed by atoms with Crippen molar-refractivity contribution in [2.45, 2.75) is 11.9 Å². The molecule has 2 aromatic carbocycles. The molecule has 136 valence electrons. The lowest BCUT2D eigenvalue weighted by Gasteiger charge is -2.25. The topological polar surface area (TPSA) is 50.7 Å². The van der Waals surface area contributed by atoms with Gasteiger partial charge < -0.3 is 4.74 Å². The maximum Gasteiger partial charge on any atom is 0.250 e. The van der Waals surface area contributed by atoms with E-state index in [1.165, 1.54) is 11.8 Å². The van der Waals surface area contributed by atoms with E-state index < -0.39 is 0 Å². The largest absolute Gasteiger partial charge is 0.489 e. The van der Waals surface area contributed by atoms with Crippen LogP contribution in [0, 0.1) is 0 Å². The highest BCUT2D eigenvalue weighted by Gasteiger charge is 2.19. The number of halogens is 1. The van der Waals surface area contributed by atoms with Gasteiger partial charge in [-0.15, -0.1) is 11.8 Å². The number of rotatable bonds is 8. The van der Waals surface area contributed by atoms with Gasteiger partial charge in [0.15, 0.2) is 0 Å². The Hall–Kier alpha value is -1.63. The highest BCUT2D eigenvalue weighted by atomic mass is 35.5. The summed E-state index contributed by atoms with van der Waals surface area (Å²) in [7, 11) is 0. The molecule has 1 aliphatic rings. The Kier molecular flexibility index (Phi) is 7.29. The van der Waals surface area contributed by atoms with Gasteiger partial charge in [0.05, 0.1) is 12.0 Å². The summed E-state index contributed by atoms with van der Waals surface area (Å²) >= 11 is 9.35. The molecule has 0 aromatic heterocycles. The molecule has 0 unspecified atom stereocenters. The van der Waals surface area contributed by atoms with Gasteiger partial charge in [-0.1, -0.05) is 35.9 Å². The van der Waals surface area contributed by atoms with Crippen LogP contribution in [-0.4, -0.2) is 35.5 Å². The van der Waals surface area contributed by atoms with Crippen LogP contribution in [0.3, 0.4) is 0 Å². The van der Waals surface area contributed by atoms with Gasteiger partial charge in [-0.05, 0) is 35.4 Å². The molecule has 1 N–H and O–H groups in total. The van der Waals surface area contributed by atoms with Crippen molar-refractivity contribution in [1.82, 2.24) is 5.43 Å². The lowest BCUT2D eigenvalue weighted by molar-refractivity contribution is -0.118. The Morgan fingerprint density at radius 3 is 2.92 bits per heavy atom. The van der Waals surface area contributed by atoms with Crippen molar-refractivity contribution >= 4 is 47.2 Å². The Bertz CT molecular complexity index is 782. The minimum atomic E-state index is -0.132. The van der Waals surface area contributed by atoms with Gasteiger partial charge in [0, 0.05) is 22.3 Å². The first-order chi connectivity index (χ1) is 12.7. The first kappa shape index (κ1) is 19.1. The summed E-state index contributed by atoms with van der Waals surface area (Å²) in [5, 5.41) is 4.72. The fourth-order valence-electron chi connectivity index (χ4n) is 2.24. The number of amides is 1. The van der Waals surface area contributed by atoms with Crippen LogP contribution in [0.4, 0.5) is 0 Å². The predicted molar refractivity (Wildman–Crippen MR) is 112 cm³/mol. The Morgan fingerprint density at radius 2 is 2.15 bits per heavy atom. The summed E-state index contributed by atoms with van der Waals surface area (Å²) < 4.78 is 5.84. The van der Waals surface area contributed by atoms with E-state index in [2.05, 4.69) is 10.5 Å². The number of thioether (sulfide) groups is 2. The highest BCUT2D eigenvalue weighted by Crippen LogP contribution is 2.24. The molecule has 1 heterocycles. The molecule has 1 amide bonds. The van der Waals surface area contributed by atoms with Gasteiger partial charge in [0.2, 0.25) is 5.91 Å². The number of nitrogens with one attached hydrogen (secondary N) is 1. The minimum Gasteiger partial charge on any atom is -0.489 e. The molecular formula is C19H19ClN2O2S2. The monoisotopic (exact) mass is 406 g/mol. The molecule has 26 heavy (non-hydrogen) atoms. The molecule has 0 radical (unpaired) electrons. The second-order valence-corrected chi connectivity index (χ2v) is 8.26. The third-order valence-electron chi connectivity index (χ3n) is 3.56. The second-order valence-electron chi connectivity index (χ2n) is 5.77. The predicted octanol–water partition coefficient (Wildman–Crippen LogP) is 4.22. The number of hydrazone groups is 1. The third kappa shape index (κ3) is 6.27. The van der Waals surface area contributed by atoms with Crippen LogP contribution in [0.2, 0.25) is 5.02 Å². The molecule has 3 rings (SSSR count). The fraction of sp³-hybridized carbons (Fsp3) is 0.263. The van der Waals surface area contributed by atoms with E-state index in [9.17, 15) is 4.79 Å². The second kappa shape index (κ2) is 9.90. The van der Waals surface area contributed by atoms with Crippen LogP contribution in [0.1, 0.15) is 11.1 Å². The van der Waals surface area contributed by atoms with E-state index in [4.69, 9.17) is 16.3 Å². The number of hydrogen-bond acceptors (Lipinski definition) is 5. The molecular weight excluding hydrogens is 388 g/mol. The van der Waals surface area contributed by atoms with E-state index in [-0.39, 0.29) is 5.91 Å². The quantitative estimate of drug-likeness (QED) is 0.526. The van der Waals surface area contributed by atoms with Crippen molar-refractivity contribution in [3.63, 3.8) is 0 Å². The van der Waals surface area contributed by atoms with Crippen LogP contribution < -0.4 is 10.2 Å². The number of carbonyl (C=O) groups excluding carboxylic acids is 1. The zero-order valence-corrected chi connectivity index (χ0v) is 16.4. The molecule has 4 nitrogen and oxygen atoms in total. The van der Waals surface area contributed by atoms with Crippen molar-refractivity contribution in [2.75, 3.05) is 17.3 Å². The zero-order valence-electron chi connectivity index (χ0n) is 14.1. The molecule has 0 bridgehead atoms. The SMILES string of the molecule is O=C(CSCc1cccc(Cl)c1)N/N=C\c1cccc(OC2CSC2)c1. The summed E-state index contributed by atoms with van der Waals surface area (Å²) in [5.74, 6) is 3.86. The Labute approximate surface area is 166 Å². The molecule has 1 fully saturated rings. The Balaban J connectivity index is 1.40. The standard InChI is InChI=1S/C19H19ClN2O2S2/c20-16-5-1-4-15(7-16)10-25-13-19(23)22-21-9-14-3-2-6-17(8-14)24-18-11-26-12-18/h1-9,18H,10-13H2,(H,22,23)/b21-9-. The van der Waals surface area contributed by atoms with Crippen molar-refractivity contribution in [3.05, 3.63) is 64.7 Å². The summed E-state index contributed by atoms with van der Waals surface area (Å²) in [6, 6.07) is 15.3. The minimum absolute atomic E-state index is 0.132. The van der Waals surface area contributed by atoms with Crippen LogP contribution in [0.25, 0.3) is 0 Å². The number of carbonyl (C=O) groups is 1. The van der Waals surface area contributed by atoms with Crippen molar-refractivity contribution in [1.29, 1.82) is 0 Å². The normalized spacial score (nSPS) is 14.2. The van der Waals surface area contributed by atoms with E-state index in [1.807, 2.05) is 60.3 Å². The van der Waals surface area contributed by atoms with Gasteiger partial charge in [0.25, 0.3) is 0 Å². The van der Waals surface area contributed by atoms with Gasteiger partial charge in [-0.2, -0.15) is 16.9 Å². The molecule has 0 atom stereocenters. The summed E-state index contributed by atoms with van der Waals surface area (Å²) in [4.78, 5) is 11.9. The van der Waals surface area contributed by atoms with E-state index in [1.54, 1.807) is 6.21 Å². The molecule has 1 aliphatic heterocycles. The van der Waals surface area contributed by atoms with Gasteiger partial charge in [0.1, 0.15) is 11.9 Å². The molecule has 7 heteroatoms. The molecule has 1 saturated heterocycles. The van der Waals surface area contributed by atoms with E-state index >= 15 is 0 Å². The lowest BCUT2D eigenvalue weighted by atomic mass is 10.2. The third-order valence-corrected chi connectivity index (χ3v) is 6.02. The summed E-state index contributed by atoms with van der Waals surface area (Å²) in [6.07, 6.45) is 1.94. The zero-order chi connectivity index (χ0) is 18.2. The summed E-state index contributed by atoms with van der Waals surface area (Å²) in [5.41, 5.74) is 4.54. The van der Waals surface area contributed by atoms with Gasteiger partial charge >= 0.3 is 0 Å². The molecule has 2 aromatic rings. The van der Waals surface area contributed by atoms with Crippen LogP contribution >= 0.6 is 35.1 Å². The Morgan fingerprint density at radius 1 is 1.31 bits per heavy atom. The summed E-state index contributed by atoms with van der Waals surface area (Å²) in [6.45, 7) is 0. The maximum absolute atomic E-state index is 11.9. The molecule has 0 saturated carbocycles. The number of hydrogen-bond donors (Lipinski definition) is 1. The van der Waals surface area contributed by atoms with Gasteiger partial charge in [-0.25, -0.2) is 5.43 Å².